The molecule has 0 spiro atoms. The van der Waals surface area contributed by atoms with Crippen molar-refractivity contribution >= 4 is 23.3 Å². The largest absolute Gasteiger partial charge is 0.497 e. The number of carbonyl (C=O) groups is 1. The van der Waals surface area contributed by atoms with Crippen molar-refractivity contribution in [3.8, 4) is 17.2 Å². The summed E-state index contributed by atoms with van der Waals surface area (Å²) in [4.78, 5) is 16.9. The molecule has 2 amide bonds. The monoisotopic (exact) mass is 427 g/mol. The molecule has 0 saturated carbocycles. The maximum absolute atomic E-state index is 12.4. The van der Waals surface area contributed by atoms with E-state index < -0.39 is 0 Å². The smallest absolute Gasteiger partial charge is 0.319 e. The number of nitrogens with one attached hydrogen (secondary N) is 2. The Morgan fingerprint density at radius 2 is 1.90 bits per heavy atom. The minimum absolute atomic E-state index is 0.263. The number of urea groups is 1. The van der Waals surface area contributed by atoms with Gasteiger partial charge in [-0.05, 0) is 54.3 Å². The second-order valence-electron chi connectivity index (χ2n) is 6.77. The van der Waals surface area contributed by atoms with E-state index in [1.54, 1.807) is 13.4 Å². The first-order valence-corrected chi connectivity index (χ1v) is 10.4. The lowest BCUT2D eigenvalue weighted by Crippen LogP contribution is -2.31. The highest BCUT2D eigenvalue weighted by molar-refractivity contribution is 6.32. The molecule has 3 rings (SSSR count). The summed E-state index contributed by atoms with van der Waals surface area (Å²) < 4.78 is 10.7. The van der Waals surface area contributed by atoms with Crippen LogP contribution in [0.5, 0.6) is 5.75 Å². The molecule has 1 aromatic heterocycles. The maximum atomic E-state index is 12.4. The molecule has 0 aliphatic carbocycles. The van der Waals surface area contributed by atoms with Gasteiger partial charge in [-0.25, -0.2) is 9.78 Å². The second-order valence-corrected chi connectivity index (χ2v) is 7.18. The van der Waals surface area contributed by atoms with Gasteiger partial charge in [-0.3, -0.25) is 0 Å². The minimum atomic E-state index is -0.263. The summed E-state index contributed by atoms with van der Waals surface area (Å²) in [6.07, 6.45) is 3.73. The van der Waals surface area contributed by atoms with Crippen LogP contribution in [0.1, 0.15) is 30.7 Å². The maximum Gasteiger partial charge on any atom is 0.319 e. The molecule has 158 valence electrons. The van der Waals surface area contributed by atoms with E-state index in [0.717, 1.165) is 46.7 Å². The van der Waals surface area contributed by atoms with Gasteiger partial charge in [-0.15, -0.1) is 0 Å². The van der Waals surface area contributed by atoms with Crippen LogP contribution in [0.2, 0.25) is 5.02 Å². The molecule has 0 unspecified atom stereocenters. The summed E-state index contributed by atoms with van der Waals surface area (Å²) >= 11 is 6.30. The van der Waals surface area contributed by atoms with E-state index in [4.69, 9.17) is 20.8 Å². The van der Waals surface area contributed by atoms with Crippen molar-refractivity contribution in [2.75, 3.05) is 19.0 Å². The SMILES string of the molecule is CCc1ccc(Cl)c(CC)c1NC(=O)NCCc1coc(-c2ccc(OC)cc2)n1. The van der Waals surface area contributed by atoms with Gasteiger partial charge in [0.1, 0.15) is 12.0 Å². The molecule has 0 atom stereocenters. The number of benzene rings is 2. The summed E-state index contributed by atoms with van der Waals surface area (Å²) in [6, 6.07) is 11.1. The van der Waals surface area contributed by atoms with Crippen LogP contribution < -0.4 is 15.4 Å². The van der Waals surface area contributed by atoms with Crippen LogP contribution in [0, 0.1) is 0 Å². The molecular weight excluding hydrogens is 402 g/mol. The first-order chi connectivity index (χ1) is 14.5. The number of oxazole rings is 1. The van der Waals surface area contributed by atoms with Gasteiger partial charge >= 0.3 is 6.03 Å². The fraction of sp³-hybridized carbons (Fsp3) is 0.304. The number of rotatable bonds is 8. The summed E-state index contributed by atoms with van der Waals surface area (Å²) in [5.74, 6) is 1.31. The number of methoxy groups -OCH3 is 1. The van der Waals surface area contributed by atoms with Gasteiger partial charge in [0.15, 0.2) is 0 Å². The molecule has 2 N–H and O–H groups in total. The van der Waals surface area contributed by atoms with E-state index >= 15 is 0 Å². The van der Waals surface area contributed by atoms with Crippen molar-refractivity contribution in [2.24, 2.45) is 0 Å². The Hall–Kier alpha value is -2.99. The van der Waals surface area contributed by atoms with Crippen molar-refractivity contribution in [2.45, 2.75) is 33.1 Å². The van der Waals surface area contributed by atoms with E-state index in [9.17, 15) is 4.79 Å². The number of ether oxygens (including phenoxy) is 1. The Labute approximate surface area is 181 Å². The van der Waals surface area contributed by atoms with E-state index in [1.807, 2.05) is 43.3 Å². The number of anilines is 1. The van der Waals surface area contributed by atoms with Crippen LogP contribution in [-0.2, 0) is 19.3 Å². The zero-order valence-electron chi connectivity index (χ0n) is 17.4. The molecule has 0 fully saturated rings. The predicted molar refractivity (Wildman–Crippen MR) is 119 cm³/mol. The molecule has 6 nitrogen and oxygen atoms in total. The Morgan fingerprint density at radius 1 is 1.13 bits per heavy atom. The lowest BCUT2D eigenvalue weighted by molar-refractivity contribution is 0.252. The summed E-state index contributed by atoms with van der Waals surface area (Å²) in [5.41, 5.74) is 4.45. The van der Waals surface area contributed by atoms with Gasteiger partial charge < -0.3 is 19.8 Å². The highest BCUT2D eigenvalue weighted by Crippen LogP contribution is 2.29. The highest BCUT2D eigenvalue weighted by atomic mass is 35.5. The third-order valence-corrected chi connectivity index (χ3v) is 5.22. The second kappa shape index (κ2) is 10.2. The molecule has 0 aliphatic heterocycles. The van der Waals surface area contributed by atoms with Gasteiger partial charge in [-0.1, -0.05) is 31.5 Å². The van der Waals surface area contributed by atoms with Crippen LogP contribution >= 0.6 is 11.6 Å². The normalized spacial score (nSPS) is 10.7. The quantitative estimate of drug-likeness (QED) is 0.498. The average molecular weight is 428 g/mol. The van der Waals surface area contributed by atoms with Gasteiger partial charge in [0.25, 0.3) is 0 Å². The van der Waals surface area contributed by atoms with Crippen LogP contribution in [0.4, 0.5) is 10.5 Å². The lowest BCUT2D eigenvalue weighted by Gasteiger charge is -2.16. The molecule has 0 saturated heterocycles. The third-order valence-electron chi connectivity index (χ3n) is 4.87. The number of hydrogen-bond acceptors (Lipinski definition) is 4. The number of halogens is 1. The number of aryl methyl sites for hydroxylation is 1. The lowest BCUT2D eigenvalue weighted by atomic mass is 10.0. The summed E-state index contributed by atoms with van der Waals surface area (Å²) in [6.45, 7) is 4.51. The van der Waals surface area contributed by atoms with E-state index in [-0.39, 0.29) is 6.03 Å². The first-order valence-electron chi connectivity index (χ1n) is 9.99. The van der Waals surface area contributed by atoms with E-state index in [2.05, 4.69) is 22.5 Å². The Morgan fingerprint density at radius 3 is 2.57 bits per heavy atom. The van der Waals surface area contributed by atoms with Gasteiger partial charge in [0.2, 0.25) is 5.89 Å². The van der Waals surface area contributed by atoms with Crippen LogP contribution in [0.3, 0.4) is 0 Å². The zero-order valence-corrected chi connectivity index (χ0v) is 18.2. The van der Waals surface area contributed by atoms with E-state index in [0.29, 0.717) is 23.9 Å². The van der Waals surface area contributed by atoms with Crippen molar-refractivity contribution in [1.29, 1.82) is 0 Å². The summed E-state index contributed by atoms with van der Waals surface area (Å²) in [7, 11) is 1.62. The fourth-order valence-corrected chi connectivity index (χ4v) is 3.51. The minimum Gasteiger partial charge on any atom is -0.497 e. The van der Waals surface area contributed by atoms with Crippen molar-refractivity contribution in [3.05, 3.63) is 64.5 Å². The molecule has 2 aromatic carbocycles. The Bertz CT molecular complexity index is 999. The Kier molecular flexibility index (Phi) is 7.36. The zero-order chi connectivity index (χ0) is 21.5. The van der Waals surface area contributed by atoms with Gasteiger partial charge in [-0.2, -0.15) is 0 Å². The van der Waals surface area contributed by atoms with E-state index in [1.165, 1.54) is 0 Å². The number of nitrogens with zero attached hydrogens (tertiary/aromatic N) is 1. The Balaban J connectivity index is 1.57. The molecule has 3 aromatic rings. The van der Waals surface area contributed by atoms with Crippen molar-refractivity contribution in [3.63, 3.8) is 0 Å². The van der Waals surface area contributed by atoms with Crippen molar-refractivity contribution < 1.29 is 13.9 Å². The highest BCUT2D eigenvalue weighted by Gasteiger charge is 2.13. The molecule has 0 radical (unpaired) electrons. The van der Waals surface area contributed by atoms with Gasteiger partial charge in [0, 0.05) is 23.6 Å². The average Bonchev–Trinajstić information content (AvgIpc) is 3.23. The van der Waals surface area contributed by atoms with Crippen molar-refractivity contribution in [1.82, 2.24) is 10.3 Å². The molecule has 7 heteroatoms. The van der Waals surface area contributed by atoms with Crippen LogP contribution in [0.15, 0.2) is 47.1 Å². The van der Waals surface area contributed by atoms with Crippen LogP contribution in [0.25, 0.3) is 11.5 Å². The molecule has 1 heterocycles. The molecule has 0 aliphatic rings. The standard InChI is InChI=1S/C23H26ClN3O3/c1-4-15-8-11-20(24)19(5-2)21(15)27-23(28)25-13-12-17-14-30-22(26-17)16-6-9-18(29-3)10-7-16/h6-11,14H,4-5,12-13H2,1-3H3,(H2,25,27,28). The first kappa shape index (κ1) is 21.7. The van der Waals surface area contributed by atoms with Crippen LogP contribution in [-0.4, -0.2) is 24.7 Å². The topological polar surface area (TPSA) is 76.4 Å². The number of aromatic nitrogens is 1. The fourth-order valence-electron chi connectivity index (χ4n) is 3.22. The molecule has 0 bridgehead atoms. The number of hydrogen-bond donors (Lipinski definition) is 2. The molecule has 30 heavy (non-hydrogen) atoms. The third kappa shape index (κ3) is 5.13. The number of amides is 2. The predicted octanol–water partition coefficient (Wildman–Crippen LogP) is 5.49. The number of carbonyl (C=O) groups excluding carboxylic acids is 1. The molecular formula is C23H26ClN3O3. The van der Waals surface area contributed by atoms with Gasteiger partial charge in [0.05, 0.1) is 18.5 Å². The summed E-state index contributed by atoms with van der Waals surface area (Å²) in [5, 5.41) is 6.50.